The van der Waals surface area contributed by atoms with Gasteiger partial charge in [0.2, 0.25) is 5.91 Å². The third-order valence-corrected chi connectivity index (χ3v) is 4.73. The fraction of sp³-hybridized carbons (Fsp3) is 0.409. The first kappa shape index (κ1) is 20.0. The highest BCUT2D eigenvalue weighted by Gasteiger charge is 2.15. The molecular formula is C22H30N2O2. The molecule has 140 valence electrons. The maximum absolute atomic E-state index is 12.4. The van der Waals surface area contributed by atoms with Gasteiger partial charge in [-0.2, -0.15) is 0 Å². The Morgan fingerprint density at radius 1 is 1.12 bits per heavy atom. The number of hydrogen-bond acceptors (Lipinski definition) is 3. The summed E-state index contributed by atoms with van der Waals surface area (Å²) in [4.78, 5) is 14.5. The first-order valence-electron chi connectivity index (χ1n) is 9.10. The van der Waals surface area contributed by atoms with Gasteiger partial charge in [0, 0.05) is 6.54 Å². The maximum Gasteiger partial charge on any atom is 0.224 e. The van der Waals surface area contributed by atoms with Gasteiger partial charge < -0.3 is 15.0 Å². The Hall–Kier alpha value is -2.33. The molecule has 2 rings (SSSR count). The van der Waals surface area contributed by atoms with Crippen LogP contribution in [0, 0.1) is 6.92 Å². The molecule has 0 spiro atoms. The van der Waals surface area contributed by atoms with Crippen LogP contribution in [0.2, 0.25) is 0 Å². The number of methoxy groups -OCH3 is 1. The van der Waals surface area contributed by atoms with E-state index in [9.17, 15) is 4.79 Å². The van der Waals surface area contributed by atoms with Gasteiger partial charge in [0.15, 0.2) is 0 Å². The van der Waals surface area contributed by atoms with E-state index in [4.69, 9.17) is 4.74 Å². The lowest BCUT2D eigenvalue weighted by atomic mass is 10.0. The van der Waals surface area contributed by atoms with Crippen molar-refractivity contribution in [1.29, 1.82) is 0 Å². The van der Waals surface area contributed by atoms with Crippen molar-refractivity contribution in [3.05, 3.63) is 64.7 Å². The summed E-state index contributed by atoms with van der Waals surface area (Å²) in [5.74, 6) is 0.838. The van der Waals surface area contributed by atoms with Crippen molar-refractivity contribution >= 4 is 5.91 Å². The number of likely N-dealkylation sites (N-methyl/N-ethyl adjacent to an activating group) is 1. The lowest BCUT2D eigenvalue weighted by Crippen LogP contribution is -2.35. The van der Waals surface area contributed by atoms with Crippen molar-refractivity contribution in [2.45, 2.75) is 32.7 Å². The molecule has 0 aliphatic heterocycles. The molecule has 1 N–H and O–H groups in total. The Balaban J connectivity index is 1.98. The number of carbonyl (C=O) groups is 1. The van der Waals surface area contributed by atoms with Crippen LogP contribution in [0.1, 0.15) is 35.2 Å². The fourth-order valence-electron chi connectivity index (χ4n) is 3.01. The molecule has 0 aliphatic carbocycles. The third-order valence-electron chi connectivity index (χ3n) is 4.73. The number of rotatable bonds is 8. The van der Waals surface area contributed by atoms with Crippen molar-refractivity contribution < 1.29 is 9.53 Å². The number of benzene rings is 2. The van der Waals surface area contributed by atoms with E-state index in [1.807, 2.05) is 39.2 Å². The van der Waals surface area contributed by atoms with E-state index in [0.29, 0.717) is 13.0 Å². The fourth-order valence-corrected chi connectivity index (χ4v) is 3.01. The molecule has 1 unspecified atom stereocenters. The molecule has 0 radical (unpaired) electrons. The third kappa shape index (κ3) is 5.33. The van der Waals surface area contributed by atoms with Crippen LogP contribution in [0.25, 0.3) is 0 Å². The van der Waals surface area contributed by atoms with Crippen LogP contribution in [0.5, 0.6) is 5.75 Å². The predicted octanol–water partition coefficient (Wildman–Crippen LogP) is 3.53. The first-order valence-corrected chi connectivity index (χ1v) is 9.10. The summed E-state index contributed by atoms with van der Waals surface area (Å²) < 4.78 is 5.34. The molecule has 0 bridgehead atoms. The van der Waals surface area contributed by atoms with Crippen molar-refractivity contribution in [3.63, 3.8) is 0 Å². The molecule has 26 heavy (non-hydrogen) atoms. The first-order chi connectivity index (χ1) is 12.4. The number of amides is 1. The molecule has 0 heterocycles. The van der Waals surface area contributed by atoms with Gasteiger partial charge in [0.25, 0.3) is 0 Å². The second-order valence-corrected chi connectivity index (χ2v) is 6.86. The van der Waals surface area contributed by atoms with Gasteiger partial charge in [0.05, 0.1) is 19.6 Å². The zero-order chi connectivity index (χ0) is 19.1. The zero-order valence-electron chi connectivity index (χ0n) is 16.5. The molecule has 1 amide bonds. The van der Waals surface area contributed by atoms with E-state index in [0.717, 1.165) is 23.3 Å². The Morgan fingerprint density at radius 2 is 1.77 bits per heavy atom. The molecule has 0 aromatic heterocycles. The second kappa shape index (κ2) is 9.39. The van der Waals surface area contributed by atoms with E-state index in [-0.39, 0.29) is 11.9 Å². The van der Waals surface area contributed by atoms with Crippen LogP contribution in [0.4, 0.5) is 0 Å². The highest BCUT2D eigenvalue weighted by atomic mass is 16.5. The van der Waals surface area contributed by atoms with Gasteiger partial charge in [-0.15, -0.1) is 0 Å². The van der Waals surface area contributed by atoms with E-state index in [1.54, 1.807) is 7.11 Å². The summed E-state index contributed by atoms with van der Waals surface area (Å²) in [7, 11) is 5.72. The number of carbonyl (C=O) groups excluding carboxylic acids is 1. The highest BCUT2D eigenvalue weighted by Crippen LogP contribution is 2.20. The molecule has 4 nitrogen and oxygen atoms in total. The van der Waals surface area contributed by atoms with Crippen LogP contribution < -0.4 is 10.1 Å². The molecule has 1 atom stereocenters. The molecular weight excluding hydrogens is 324 g/mol. The number of hydrogen-bond donors (Lipinski definition) is 1. The summed E-state index contributed by atoms with van der Waals surface area (Å²) >= 11 is 0. The Kier molecular flexibility index (Phi) is 7.22. The van der Waals surface area contributed by atoms with Gasteiger partial charge in [-0.25, -0.2) is 0 Å². The minimum Gasteiger partial charge on any atom is -0.496 e. The van der Waals surface area contributed by atoms with Crippen LogP contribution in [-0.2, 0) is 17.6 Å². The van der Waals surface area contributed by atoms with Gasteiger partial charge in [-0.3, -0.25) is 4.79 Å². The summed E-state index contributed by atoms with van der Waals surface area (Å²) in [5, 5.41) is 3.07. The molecule has 0 fully saturated rings. The van der Waals surface area contributed by atoms with Crippen molar-refractivity contribution in [2.24, 2.45) is 0 Å². The topological polar surface area (TPSA) is 41.6 Å². The number of aryl methyl sites for hydroxylation is 2. The van der Waals surface area contributed by atoms with Gasteiger partial charge in [-0.05, 0) is 55.8 Å². The summed E-state index contributed by atoms with van der Waals surface area (Å²) in [6.07, 6.45) is 1.38. The monoisotopic (exact) mass is 354 g/mol. The van der Waals surface area contributed by atoms with Crippen molar-refractivity contribution in [1.82, 2.24) is 10.2 Å². The largest absolute Gasteiger partial charge is 0.496 e. The van der Waals surface area contributed by atoms with E-state index < -0.39 is 0 Å². The van der Waals surface area contributed by atoms with Crippen LogP contribution in [-0.4, -0.2) is 38.6 Å². The van der Waals surface area contributed by atoms with Gasteiger partial charge >= 0.3 is 0 Å². The zero-order valence-corrected chi connectivity index (χ0v) is 16.5. The summed E-state index contributed by atoms with van der Waals surface area (Å²) in [6.45, 7) is 4.73. The second-order valence-electron chi connectivity index (χ2n) is 6.86. The van der Waals surface area contributed by atoms with E-state index >= 15 is 0 Å². The predicted molar refractivity (Wildman–Crippen MR) is 107 cm³/mol. The van der Waals surface area contributed by atoms with Gasteiger partial charge in [-0.1, -0.05) is 43.3 Å². The summed E-state index contributed by atoms with van der Waals surface area (Å²) in [6, 6.07) is 14.7. The number of ether oxygens (including phenoxy) is 1. The standard InChI is InChI=1S/C22H30N2O2/c1-6-17-9-11-19(12-10-17)20(24(3)4)15-23-22(25)14-18-8-7-16(2)21(13-18)26-5/h7-13,20H,6,14-15H2,1-5H3,(H,23,25). The smallest absolute Gasteiger partial charge is 0.224 e. The SMILES string of the molecule is CCc1ccc(C(CNC(=O)Cc2ccc(C)c(OC)c2)N(C)C)cc1. The maximum atomic E-state index is 12.4. The molecule has 0 aliphatic rings. The van der Waals surface area contributed by atoms with E-state index in [1.165, 1.54) is 11.1 Å². The Labute approximate surface area is 157 Å². The van der Waals surface area contributed by atoms with Crippen LogP contribution in [0.15, 0.2) is 42.5 Å². The lowest BCUT2D eigenvalue weighted by molar-refractivity contribution is -0.120. The highest BCUT2D eigenvalue weighted by molar-refractivity contribution is 5.78. The Bertz CT molecular complexity index is 723. The lowest BCUT2D eigenvalue weighted by Gasteiger charge is -2.25. The molecule has 2 aromatic carbocycles. The van der Waals surface area contributed by atoms with Crippen molar-refractivity contribution in [2.75, 3.05) is 27.7 Å². The Morgan fingerprint density at radius 3 is 2.35 bits per heavy atom. The summed E-state index contributed by atoms with van der Waals surface area (Å²) in [5.41, 5.74) is 4.56. The minimum atomic E-state index is 0.0212. The number of nitrogens with one attached hydrogen (secondary N) is 1. The number of nitrogens with zero attached hydrogens (tertiary/aromatic N) is 1. The average molecular weight is 354 g/mol. The molecule has 0 saturated heterocycles. The van der Waals surface area contributed by atoms with Crippen LogP contribution >= 0.6 is 0 Å². The molecule has 2 aromatic rings. The molecule has 0 saturated carbocycles. The molecule has 4 heteroatoms. The van der Waals surface area contributed by atoms with Crippen LogP contribution in [0.3, 0.4) is 0 Å². The van der Waals surface area contributed by atoms with E-state index in [2.05, 4.69) is 41.4 Å². The average Bonchev–Trinajstić information content (AvgIpc) is 2.63. The van der Waals surface area contributed by atoms with Gasteiger partial charge in [0.1, 0.15) is 5.75 Å². The quantitative estimate of drug-likeness (QED) is 0.788. The minimum absolute atomic E-state index is 0.0212. The van der Waals surface area contributed by atoms with Crippen molar-refractivity contribution in [3.8, 4) is 5.75 Å². The normalized spacial score (nSPS) is 12.1.